The minimum atomic E-state index is -0.397. The zero-order valence-corrected chi connectivity index (χ0v) is 10.2. The van der Waals surface area contributed by atoms with Crippen molar-refractivity contribution in [1.29, 1.82) is 0 Å². The van der Waals surface area contributed by atoms with Gasteiger partial charge < -0.3 is 9.47 Å². The van der Waals surface area contributed by atoms with Gasteiger partial charge in [-0.1, -0.05) is 18.2 Å². The van der Waals surface area contributed by atoms with Gasteiger partial charge in [0.2, 0.25) is 0 Å². The fourth-order valence-electron chi connectivity index (χ4n) is 1.76. The first-order chi connectivity index (χ1) is 8.04. The van der Waals surface area contributed by atoms with Gasteiger partial charge in [-0.05, 0) is 13.3 Å². The molecule has 0 saturated heterocycles. The second-order valence-electron chi connectivity index (χ2n) is 4.06. The molecule has 1 heterocycles. The summed E-state index contributed by atoms with van der Waals surface area (Å²) in [5, 5.41) is 0. The van der Waals surface area contributed by atoms with Gasteiger partial charge in [0.05, 0.1) is 12.0 Å². The summed E-state index contributed by atoms with van der Waals surface area (Å²) in [5.74, 6) is -0.698. The summed E-state index contributed by atoms with van der Waals surface area (Å²) >= 11 is 0. The molecule has 1 aliphatic heterocycles. The maximum Gasteiger partial charge on any atom is 0.302 e. The number of carbonyl (C=O) groups excluding carboxylic acids is 2. The van der Waals surface area contributed by atoms with Crippen molar-refractivity contribution >= 4 is 11.8 Å². The van der Waals surface area contributed by atoms with E-state index in [-0.39, 0.29) is 30.4 Å². The van der Waals surface area contributed by atoms with Crippen LogP contribution in [0.5, 0.6) is 0 Å². The first-order valence-electron chi connectivity index (χ1n) is 5.63. The fraction of sp³-hybridized carbons (Fsp3) is 0.538. The maximum absolute atomic E-state index is 11.4. The molecule has 4 nitrogen and oxygen atoms in total. The summed E-state index contributed by atoms with van der Waals surface area (Å²) < 4.78 is 10.6. The van der Waals surface area contributed by atoms with Crippen molar-refractivity contribution in [2.45, 2.75) is 32.5 Å². The Morgan fingerprint density at radius 1 is 1.41 bits per heavy atom. The molecule has 0 aromatic heterocycles. The Bertz CT molecular complexity index is 332. The first-order valence-corrected chi connectivity index (χ1v) is 5.63. The molecule has 0 fully saturated rings. The molecule has 0 amide bonds. The lowest BCUT2D eigenvalue weighted by Gasteiger charge is -2.30. The molecule has 0 radical (unpaired) electrons. The number of Topliss-reactive ketones (excluding diaryl/α,β-unsaturated/α-hetero) is 1. The van der Waals surface area contributed by atoms with Crippen LogP contribution < -0.4 is 0 Å². The third-order valence-corrected chi connectivity index (χ3v) is 2.60. The van der Waals surface area contributed by atoms with Gasteiger partial charge in [0.15, 0.2) is 0 Å². The van der Waals surface area contributed by atoms with E-state index in [1.807, 2.05) is 12.2 Å². The van der Waals surface area contributed by atoms with E-state index in [1.165, 1.54) is 13.8 Å². The maximum atomic E-state index is 11.4. The average molecular weight is 238 g/mol. The summed E-state index contributed by atoms with van der Waals surface area (Å²) in [7, 11) is 0. The highest BCUT2D eigenvalue weighted by Crippen LogP contribution is 2.22. The number of rotatable bonds is 5. The van der Waals surface area contributed by atoms with Crippen molar-refractivity contribution in [3.8, 4) is 0 Å². The van der Waals surface area contributed by atoms with Gasteiger partial charge in [0.1, 0.15) is 18.5 Å². The normalized spacial score (nSPS) is 27.5. The molecule has 0 aromatic rings. The Balaban J connectivity index is 2.67. The van der Waals surface area contributed by atoms with Crippen LogP contribution in [0.3, 0.4) is 0 Å². The Labute approximate surface area is 101 Å². The van der Waals surface area contributed by atoms with E-state index in [1.54, 1.807) is 6.08 Å². The molecular formula is C13H18O4. The van der Waals surface area contributed by atoms with Crippen LogP contribution in [-0.2, 0) is 19.1 Å². The zero-order valence-electron chi connectivity index (χ0n) is 10.2. The highest BCUT2D eigenvalue weighted by atomic mass is 16.6. The number of esters is 1. The third-order valence-electron chi connectivity index (χ3n) is 2.60. The molecule has 0 spiro atoms. The quantitative estimate of drug-likeness (QED) is 0.540. The molecule has 17 heavy (non-hydrogen) atoms. The Kier molecular flexibility index (Phi) is 5.10. The molecule has 1 aliphatic rings. The topological polar surface area (TPSA) is 52.6 Å². The molecule has 0 N–H and O–H groups in total. The standard InChI is InChI=1S/C13H18O4/c1-4-5-11-6-7-12(9(2)14)13(17-11)8-16-10(3)15/h4,6-7,11-13H,1,5,8H2,2-3H3/t11-,12-,13-/m0/s1. The van der Waals surface area contributed by atoms with Crippen LogP contribution in [0.1, 0.15) is 20.3 Å². The molecule has 0 aliphatic carbocycles. The molecule has 4 heteroatoms. The lowest BCUT2D eigenvalue weighted by Crippen LogP contribution is -2.38. The van der Waals surface area contributed by atoms with Gasteiger partial charge in [-0.15, -0.1) is 6.58 Å². The number of hydrogen-bond donors (Lipinski definition) is 0. The lowest BCUT2D eigenvalue weighted by molar-refractivity contribution is -0.150. The third kappa shape index (κ3) is 4.15. The number of ether oxygens (including phenoxy) is 2. The molecule has 3 atom stereocenters. The van der Waals surface area contributed by atoms with E-state index >= 15 is 0 Å². The molecule has 94 valence electrons. The van der Waals surface area contributed by atoms with Crippen LogP contribution in [0.15, 0.2) is 24.8 Å². The SMILES string of the molecule is C=CC[C@H]1C=C[C@@H](C(C)=O)[C@H](COC(C)=O)O1. The fourth-order valence-corrected chi connectivity index (χ4v) is 1.76. The van der Waals surface area contributed by atoms with Gasteiger partial charge in [-0.25, -0.2) is 0 Å². The predicted molar refractivity (Wildman–Crippen MR) is 63.4 cm³/mol. The first kappa shape index (κ1) is 13.6. The number of ketones is 1. The number of hydrogen-bond acceptors (Lipinski definition) is 4. The second-order valence-corrected chi connectivity index (χ2v) is 4.06. The number of carbonyl (C=O) groups is 2. The largest absolute Gasteiger partial charge is 0.463 e. The van der Waals surface area contributed by atoms with Crippen molar-refractivity contribution in [2.75, 3.05) is 6.61 Å². The molecule has 1 rings (SSSR count). The highest BCUT2D eigenvalue weighted by Gasteiger charge is 2.30. The van der Waals surface area contributed by atoms with Crippen molar-refractivity contribution in [1.82, 2.24) is 0 Å². The summed E-state index contributed by atoms with van der Waals surface area (Å²) in [4.78, 5) is 22.2. The van der Waals surface area contributed by atoms with Crippen molar-refractivity contribution in [3.05, 3.63) is 24.8 Å². The molecule has 0 unspecified atom stereocenters. The monoisotopic (exact) mass is 238 g/mol. The van der Waals surface area contributed by atoms with Crippen LogP contribution in [0.4, 0.5) is 0 Å². The molecular weight excluding hydrogens is 220 g/mol. The van der Waals surface area contributed by atoms with Gasteiger partial charge in [-0.2, -0.15) is 0 Å². The van der Waals surface area contributed by atoms with E-state index < -0.39 is 6.10 Å². The van der Waals surface area contributed by atoms with E-state index in [9.17, 15) is 9.59 Å². The smallest absolute Gasteiger partial charge is 0.302 e. The van der Waals surface area contributed by atoms with Crippen LogP contribution in [0.25, 0.3) is 0 Å². The van der Waals surface area contributed by atoms with Gasteiger partial charge in [0.25, 0.3) is 0 Å². The van der Waals surface area contributed by atoms with Crippen LogP contribution >= 0.6 is 0 Å². The average Bonchev–Trinajstić information content (AvgIpc) is 2.26. The predicted octanol–water partition coefficient (Wildman–Crippen LogP) is 1.65. The Hall–Kier alpha value is -1.42. The van der Waals surface area contributed by atoms with E-state index in [4.69, 9.17) is 9.47 Å². The second kappa shape index (κ2) is 6.35. The van der Waals surface area contributed by atoms with Crippen molar-refractivity contribution in [3.63, 3.8) is 0 Å². The van der Waals surface area contributed by atoms with E-state index in [0.29, 0.717) is 6.42 Å². The molecule has 0 bridgehead atoms. The van der Waals surface area contributed by atoms with Crippen LogP contribution in [0, 0.1) is 5.92 Å². The van der Waals surface area contributed by atoms with Crippen molar-refractivity contribution in [2.24, 2.45) is 5.92 Å². The Morgan fingerprint density at radius 3 is 2.65 bits per heavy atom. The van der Waals surface area contributed by atoms with Crippen LogP contribution in [-0.4, -0.2) is 30.6 Å². The van der Waals surface area contributed by atoms with Gasteiger partial charge in [0, 0.05) is 6.92 Å². The van der Waals surface area contributed by atoms with E-state index in [2.05, 4.69) is 6.58 Å². The van der Waals surface area contributed by atoms with Crippen LogP contribution in [0.2, 0.25) is 0 Å². The lowest BCUT2D eigenvalue weighted by atomic mass is 9.94. The minimum absolute atomic E-state index is 0.00968. The van der Waals surface area contributed by atoms with Gasteiger partial charge in [-0.3, -0.25) is 9.59 Å². The van der Waals surface area contributed by atoms with Crippen molar-refractivity contribution < 1.29 is 19.1 Å². The molecule has 0 aromatic carbocycles. The summed E-state index contributed by atoms with van der Waals surface area (Å²) in [6.45, 7) is 6.59. The summed E-state index contributed by atoms with van der Waals surface area (Å²) in [5.41, 5.74) is 0. The van der Waals surface area contributed by atoms with E-state index in [0.717, 1.165) is 0 Å². The minimum Gasteiger partial charge on any atom is -0.463 e. The Morgan fingerprint density at radius 2 is 2.12 bits per heavy atom. The summed E-state index contributed by atoms with van der Waals surface area (Å²) in [6, 6.07) is 0. The molecule has 0 saturated carbocycles. The summed E-state index contributed by atoms with van der Waals surface area (Å²) in [6.07, 6.45) is 5.63. The highest BCUT2D eigenvalue weighted by molar-refractivity contribution is 5.81. The zero-order chi connectivity index (χ0) is 12.8. The van der Waals surface area contributed by atoms with Gasteiger partial charge >= 0.3 is 5.97 Å².